The molecule has 2 aliphatic rings. The predicted octanol–water partition coefficient (Wildman–Crippen LogP) is 4.30. The zero-order chi connectivity index (χ0) is 24.3. The van der Waals surface area contributed by atoms with Gasteiger partial charge in [-0.2, -0.15) is 5.10 Å². The van der Waals surface area contributed by atoms with Gasteiger partial charge in [-0.3, -0.25) is 14.7 Å². The van der Waals surface area contributed by atoms with Crippen LogP contribution in [0.2, 0.25) is 0 Å². The Labute approximate surface area is 201 Å². The lowest BCUT2D eigenvalue weighted by molar-refractivity contribution is 0.0681. The summed E-state index contributed by atoms with van der Waals surface area (Å²) in [5, 5.41) is 8.09. The van der Waals surface area contributed by atoms with E-state index in [1.165, 1.54) is 6.07 Å². The van der Waals surface area contributed by atoms with Crippen LogP contribution in [0.25, 0.3) is 10.9 Å². The lowest BCUT2D eigenvalue weighted by atomic mass is 10.0. The van der Waals surface area contributed by atoms with Crippen molar-refractivity contribution in [1.29, 1.82) is 0 Å². The second kappa shape index (κ2) is 7.80. The zero-order valence-corrected chi connectivity index (χ0v) is 19.7. The molecule has 6 rings (SSSR count). The monoisotopic (exact) mass is 471 g/mol. The third-order valence-electron chi connectivity index (χ3n) is 7.64. The molecule has 1 saturated carbocycles. The molecule has 0 unspecified atom stereocenters. The zero-order valence-electron chi connectivity index (χ0n) is 19.7. The molecule has 1 aliphatic carbocycles. The highest BCUT2D eigenvalue weighted by molar-refractivity contribution is 5.99. The van der Waals surface area contributed by atoms with E-state index < -0.39 is 0 Å². The van der Waals surface area contributed by atoms with Gasteiger partial charge >= 0.3 is 0 Å². The smallest absolute Gasteiger partial charge is 0.275 e. The predicted molar refractivity (Wildman–Crippen MR) is 129 cm³/mol. The fraction of sp³-hybridized carbons (Fsp3) is 0.296. The van der Waals surface area contributed by atoms with Crippen LogP contribution in [0.1, 0.15) is 56.2 Å². The van der Waals surface area contributed by atoms with Crippen LogP contribution in [0.15, 0.2) is 48.5 Å². The van der Waals surface area contributed by atoms with Gasteiger partial charge in [0, 0.05) is 42.2 Å². The Balaban J connectivity index is 1.26. The normalized spacial score (nSPS) is 16.3. The van der Waals surface area contributed by atoms with Gasteiger partial charge in [-0.15, -0.1) is 0 Å². The summed E-state index contributed by atoms with van der Waals surface area (Å²) < 4.78 is 14.0. The first-order valence-electron chi connectivity index (χ1n) is 11.9. The average molecular weight is 472 g/mol. The van der Waals surface area contributed by atoms with Crippen molar-refractivity contribution in [2.45, 2.75) is 38.3 Å². The van der Waals surface area contributed by atoms with Crippen LogP contribution >= 0.6 is 0 Å². The van der Waals surface area contributed by atoms with Gasteiger partial charge in [-0.1, -0.05) is 30.3 Å². The minimum absolute atomic E-state index is 0.144. The van der Waals surface area contributed by atoms with Crippen LogP contribution in [0.5, 0.6) is 0 Å². The molecule has 35 heavy (non-hydrogen) atoms. The summed E-state index contributed by atoms with van der Waals surface area (Å²) >= 11 is 0. The summed E-state index contributed by atoms with van der Waals surface area (Å²) in [5.74, 6) is -0.620. The highest BCUT2D eigenvalue weighted by Crippen LogP contribution is 2.50. The topological polar surface area (TPSA) is 85.1 Å². The third-order valence-corrected chi connectivity index (χ3v) is 7.64. The van der Waals surface area contributed by atoms with E-state index in [4.69, 9.17) is 0 Å². The number of aryl methyl sites for hydroxylation is 1. The molecule has 0 bridgehead atoms. The Hall–Kier alpha value is -3.94. The lowest BCUT2D eigenvalue weighted by Gasteiger charge is -2.30. The number of rotatable bonds is 4. The first kappa shape index (κ1) is 21.6. The second-order valence-electron chi connectivity index (χ2n) is 9.58. The first-order valence-corrected chi connectivity index (χ1v) is 11.9. The molecule has 8 heteroatoms. The molecule has 0 spiro atoms. The van der Waals surface area contributed by atoms with Crippen LogP contribution in [0.4, 0.5) is 4.39 Å². The largest absolute Gasteiger partial charge is 0.351 e. The molecule has 0 atom stereocenters. The molecule has 0 radical (unpaired) electrons. The van der Waals surface area contributed by atoms with Crippen LogP contribution in [-0.4, -0.2) is 50.4 Å². The Kier molecular flexibility index (Phi) is 4.81. The maximum atomic E-state index is 14.0. The number of carbonyl (C=O) groups excluding carboxylic acids is 2. The first-order chi connectivity index (χ1) is 16.9. The van der Waals surface area contributed by atoms with Gasteiger partial charge in [0.05, 0.1) is 12.1 Å². The summed E-state index contributed by atoms with van der Waals surface area (Å²) in [5.41, 5.74) is 4.50. The minimum Gasteiger partial charge on any atom is -0.351 e. The number of hydrogen-bond acceptors (Lipinski definition) is 3. The number of nitrogens with one attached hydrogen (secondary N) is 2. The molecule has 0 saturated heterocycles. The van der Waals surface area contributed by atoms with E-state index in [9.17, 15) is 14.0 Å². The van der Waals surface area contributed by atoms with Gasteiger partial charge < -0.3 is 14.8 Å². The third kappa shape index (κ3) is 3.35. The standard InChI is InChI=1S/C27H26FN5O2/c1-16-18-14-23(29-21(18)9-8-20(16)28)25(34)33-13-10-22-19(15-33)24(31-30-22)26(35)32(2)27(11-12-27)17-6-4-3-5-7-17/h3-9,14,29H,10-13,15H2,1-2H3,(H,30,31). The molecule has 1 fully saturated rings. The molecule has 1 aliphatic heterocycles. The van der Waals surface area contributed by atoms with Crippen LogP contribution in [0.3, 0.4) is 0 Å². The summed E-state index contributed by atoms with van der Waals surface area (Å²) in [4.78, 5) is 33.6. The number of amides is 2. The van der Waals surface area contributed by atoms with Crippen molar-refractivity contribution >= 4 is 22.7 Å². The number of hydrogen-bond donors (Lipinski definition) is 2. The van der Waals surface area contributed by atoms with Gasteiger partial charge in [-0.25, -0.2) is 4.39 Å². The Morgan fingerprint density at radius 1 is 1.14 bits per heavy atom. The van der Waals surface area contributed by atoms with Crippen molar-refractivity contribution < 1.29 is 14.0 Å². The molecule has 2 aromatic carbocycles. The van der Waals surface area contributed by atoms with Crippen LogP contribution in [-0.2, 0) is 18.5 Å². The van der Waals surface area contributed by atoms with Crippen molar-refractivity contribution in [1.82, 2.24) is 25.0 Å². The van der Waals surface area contributed by atoms with Crippen molar-refractivity contribution in [2.75, 3.05) is 13.6 Å². The van der Waals surface area contributed by atoms with E-state index in [1.807, 2.05) is 25.2 Å². The lowest BCUT2D eigenvalue weighted by Crippen LogP contribution is -2.39. The van der Waals surface area contributed by atoms with Crippen molar-refractivity contribution in [3.05, 3.63) is 88.1 Å². The van der Waals surface area contributed by atoms with Crippen molar-refractivity contribution in [2.24, 2.45) is 0 Å². The van der Waals surface area contributed by atoms with Crippen LogP contribution < -0.4 is 0 Å². The number of benzene rings is 2. The highest BCUT2D eigenvalue weighted by atomic mass is 19.1. The van der Waals surface area contributed by atoms with Crippen molar-refractivity contribution in [3.63, 3.8) is 0 Å². The maximum Gasteiger partial charge on any atom is 0.275 e. The summed E-state index contributed by atoms with van der Waals surface area (Å²) in [6.07, 6.45) is 2.41. The fourth-order valence-electron chi connectivity index (χ4n) is 5.29. The van der Waals surface area contributed by atoms with E-state index in [0.717, 1.165) is 35.2 Å². The van der Waals surface area contributed by atoms with Crippen LogP contribution in [0, 0.1) is 12.7 Å². The van der Waals surface area contributed by atoms with Crippen molar-refractivity contribution in [3.8, 4) is 0 Å². The fourth-order valence-corrected chi connectivity index (χ4v) is 5.29. The number of halogens is 1. The average Bonchev–Trinajstić information content (AvgIpc) is 3.40. The van der Waals surface area contributed by atoms with E-state index in [-0.39, 0.29) is 23.2 Å². The maximum absolute atomic E-state index is 14.0. The molecule has 7 nitrogen and oxygen atoms in total. The number of H-pyrrole nitrogens is 2. The summed E-state index contributed by atoms with van der Waals surface area (Å²) in [6, 6.07) is 14.8. The number of aromatic nitrogens is 3. The SMILES string of the molecule is Cc1c(F)ccc2[nH]c(C(=O)N3CCc4[nH]nc(C(=O)N(C)C5(c6ccccc6)CC5)c4C3)cc12. The quantitative estimate of drug-likeness (QED) is 0.466. The molecule has 2 N–H and O–H groups in total. The van der Waals surface area contributed by atoms with Gasteiger partial charge in [0.1, 0.15) is 11.5 Å². The van der Waals surface area contributed by atoms with E-state index >= 15 is 0 Å². The van der Waals surface area contributed by atoms with E-state index in [2.05, 4.69) is 27.3 Å². The number of aromatic amines is 2. The van der Waals surface area contributed by atoms with E-state index in [1.54, 1.807) is 28.9 Å². The summed E-state index contributed by atoms with van der Waals surface area (Å²) in [7, 11) is 1.83. The van der Waals surface area contributed by atoms with E-state index in [0.29, 0.717) is 41.8 Å². The van der Waals surface area contributed by atoms with Gasteiger partial charge in [0.2, 0.25) is 0 Å². The van der Waals surface area contributed by atoms with Gasteiger partial charge in [-0.05, 0) is 49.1 Å². The van der Waals surface area contributed by atoms with Gasteiger partial charge in [0.15, 0.2) is 5.69 Å². The second-order valence-corrected chi connectivity index (χ2v) is 9.58. The highest BCUT2D eigenvalue weighted by Gasteiger charge is 2.50. The molecular weight excluding hydrogens is 445 g/mol. The van der Waals surface area contributed by atoms with Gasteiger partial charge in [0.25, 0.3) is 11.8 Å². The molecular formula is C27H26FN5O2. The number of fused-ring (bicyclic) bond motifs is 2. The Morgan fingerprint density at radius 2 is 1.91 bits per heavy atom. The molecule has 3 heterocycles. The summed E-state index contributed by atoms with van der Waals surface area (Å²) in [6.45, 7) is 2.50. The number of nitrogens with zero attached hydrogens (tertiary/aromatic N) is 3. The number of carbonyl (C=O) groups is 2. The Bertz CT molecular complexity index is 1470. The Morgan fingerprint density at radius 3 is 2.66 bits per heavy atom. The molecule has 2 amide bonds. The molecule has 2 aromatic heterocycles. The molecule has 4 aromatic rings. The minimum atomic E-state index is -0.300. The molecule has 178 valence electrons.